The highest BCUT2D eigenvalue weighted by Gasteiger charge is 2.07. The molecule has 0 saturated heterocycles. The van der Waals surface area contributed by atoms with Crippen LogP contribution in [-0.4, -0.2) is 23.5 Å². The monoisotopic (exact) mass is 424 g/mol. The average molecular weight is 425 g/mol. The highest BCUT2D eigenvalue weighted by Crippen LogP contribution is 2.22. The molecule has 0 fully saturated rings. The first-order valence-electron chi connectivity index (χ1n) is 8.05. The van der Waals surface area contributed by atoms with Crippen molar-refractivity contribution < 1.29 is 9.59 Å². The topological polar surface area (TPSA) is 97.1 Å². The summed E-state index contributed by atoms with van der Waals surface area (Å²) in [7, 11) is 0. The normalized spacial score (nSPS) is 10.4. The number of hydrogen-bond acceptors (Lipinski definition) is 4. The van der Waals surface area contributed by atoms with Crippen molar-refractivity contribution in [3.63, 3.8) is 0 Å². The van der Waals surface area contributed by atoms with Gasteiger partial charge < -0.3 is 16.4 Å². The first-order valence-corrected chi connectivity index (χ1v) is 9.66. The van der Waals surface area contributed by atoms with Gasteiger partial charge in [0, 0.05) is 34.9 Å². The minimum Gasteiger partial charge on any atom is -0.352 e. The van der Waals surface area contributed by atoms with Gasteiger partial charge in [-0.15, -0.1) is 11.3 Å². The van der Waals surface area contributed by atoms with Gasteiger partial charge in [0.25, 0.3) is 0 Å². The zero-order valence-corrected chi connectivity index (χ0v) is 16.2. The second-order valence-electron chi connectivity index (χ2n) is 5.58. The van der Waals surface area contributed by atoms with E-state index in [1.807, 2.05) is 12.1 Å². The molecule has 0 spiro atoms. The molecule has 0 saturated carbocycles. The van der Waals surface area contributed by atoms with Crippen molar-refractivity contribution in [1.29, 1.82) is 0 Å². The van der Waals surface area contributed by atoms with Crippen molar-refractivity contribution in [2.24, 2.45) is 5.73 Å². The number of carbonyl (C=O) groups excluding carboxylic acids is 2. The number of hydrogen-bond donors (Lipinski definition) is 3. The van der Waals surface area contributed by atoms with E-state index in [0.29, 0.717) is 18.1 Å². The maximum atomic E-state index is 11.9. The Kier molecular flexibility index (Phi) is 7.87. The number of unbranched alkanes of at least 4 members (excludes halogenated alkanes) is 2. The first kappa shape index (κ1) is 19.4. The molecule has 25 heavy (non-hydrogen) atoms. The van der Waals surface area contributed by atoms with Crippen molar-refractivity contribution in [1.82, 2.24) is 10.3 Å². The molecule has 0 radical (unpaired) electrons. The van der Waals surface area contributed by atoms with Crippen LogP contribution < -0.4 is 16.4 Å². The molecule has 1 aromatic heterocycles. The molecule has 134 valence electrons. The third-order valence-electron chi connectivity index (χ3n) is 3.47. The fraction of sp³-hybridized carbons (Fsp3) is 0.353. The fourth-order valence-electron chi connectivity index (χ4n) is 2.23. The Hall–Kier alpha value is -1.93. The van der Waals surface area contributed by atoms with Gasteiger partial charge in [0.15, 0.2) is 5.13 Å². The van der Waals surface area contributed by atoms with Crippen LogP contribution in [0.4, 0.5) is 9.93 Å². The van der Waals surface area contributed by atoms with Gasteiger partial charge in [0.2, 0.25) is 5.91 Å². The number of halogens is 1. The minimum absolute atomic E-state index is 0.0348. The number of thiazole rings is 1. The van der Waals surface area contributed by atoms with E-state index < -0.39 is 6.03 Å². The van der Waals surface area contributed by atoms with E-state index in [4.69, 9.17) is 5.73 Å². The molecule has 0 aliphatic rings. The standard InChI is InChI=1S/C17H21BrN4O2S/c18-13-7-5-12(6-8-13)10-14-11-21-17(25-14)22-15(23)4-2-1-3-9-20-16(19)24/h5-8,11H,1-4,9-10H2,(H3,19,20,24)(H,21,22,23). The number of nitrogens with zero attached hydrogens (tertiary/aromatic N) is 1. The largest absolute Gasteiger partial charge is 0.352 e. The lowest BCUT2D eigenvalue weighted by Gasteiger charge is -2.03. The van der Waals surface area contributed by atoms with Gasteiger partial charge in [-0.3, -0.25) is 4.79 Å². The van der Waals surface area contributed by atoms with Gasteiger partial charge in [-0.1, -0.05) is 34.5 Å². The quantitative estimate of drug-likeness (QED) is 0.535. The van der Waals surface area contributed by atoms with E-state index in [9.17, 15) is 9.59 Å². The van der Waals surface area contributed by atoms with E-state index in [2.05, 4.69) is 43.7 Å². The van der Waals surface area contributed by atoms with Crippen LogP contribution >= 0.6 is 27.3 Å². The number of anilines is 1. The van der Waals surface area contributed by atoms with Gasteiger partial charge in [0.1, 0.15) is 0 Å². The number of urea groups is 1. The van der Waals surface area contributed by atoms with E-state index in [0.717, 1.165) is 35.0 Å². The number of benzene rings is 1. The van der Waals surface area contributed by atoms with Crippen molar-refractivity contribution in [3.05, 3.63) is 45.4 Å². The summed E-state index contributed by atoms with van der Waals surface area (Å²) in [5, 5.41) is 6.00. The van der Waals surface area contributed by atoms with Crippen molar-refractivity contribution >= 4 is 44.3 Å². The molecular weight excluding hydrogens is 404 g/mol. The van der Waals surface area contributed by atoms with Crippen molar-refractivity contribution in [2.75, 3.05) is 11.9 Å². The van der Waals surface area contributed by atoms with Crippen LogP contribution in [0.15, 0.2) is 34.9 Å². The Balaban J connectivity index is 1.68. The molecule has 0 atom stereocenters. The van der Waals surface area contributed by atoms with Gasteiger partial charge in [0.05, 0.1) is 0 Å². The molecule has 2 aromatic rings. The van der Waals surface area contributed by atoms with Gasteiger partial charge in [-0.2, -0.15) is 0 Å². The summed E-state index contributed by atoms with van der Waals surface area (Å²) in [4.78, 5) is 27.8. The minimum atomic E-state index is -0.513. The summed E-state index contributed by atoms with van der Waals surface area (Å²) in [6.45, 7) is 0.544. The van der Waals surface area contributed by atoms with E-state index >= 15 is 0 Å². The molecule has 1 aromatic carbocycles. The summed E-state index contributed by atoms with van der Waals surface area (Å²) in [5.74, 6) is -0.0348. The summed E-state index contributed by atoms with van der Waals surface area (Å²) in [6, 6.07) is 7.64. The average Bonchev–Trinajstić information content (AvgIpc) is 2.99. The molecule has 1 heterocycles. The number of nitrogens with one attached hydrogen (secondary N) is 2. The third kappa shape index (κ3) is 7.66. The Morgan fingerprint density at radius 1 is 1.16 bits per heavy atom. The third-order valence-corrected chi connectivity index (χ3v) is 4.91. The summed E-state index contributed by atoms with van der Waals surface area (Å²) in [5.41, 5.74) is 6.18. The van der Waals surface area contributed by atoms with E-state index in [1.54, 1.807) is 6.20 Å². The molecule has 4 N–H and O–H groups in total. The second-order valence-corrected chi connectivity index (χ2v) is 7.62. The highest BCUT2D eigenvalue weighted by atomic mass is 79.9. The number of nitrogens with two attached hydrogens (primary N) is 1. The number of primary amides is 1. The zero-order chi connectivity index (χ0) is 18.1. The molecule has 0 aliphatic carbocycles. The Morgan fingerprint density at radius 3 is 2.64 bits per heavy atom. The zero-order valence-electron chi connectivity index (χ0n) is 13.8. The molecule has 0 aliphatic heterocycles. The molecule has 3 amide bonds. The molecule has 0 unspecified atom stereocenters. The van der Waals surface area contributed by atoms with Crippen molar-refractivity contribution in [2.45, 2.75) is 32.1 Å². The summed E-state index contributed by atoms with van der Waals surface area (Å²) >= 11 is 4.92. The van der Waals surface area contributed by atoms with Crippen LogP contribution in [0.3, 0.4) is 0 Å². The first-order chi connectivity index (χ1) is 12.0. The van der Waals surface area contributed by atoms with Crippen LogP contribution in [-0.2, 0) is 11.2 Å². The van der Waals surface area contributed by atoms with Gasteiger partial charge in [-0.25, -0.2) is 9.78 Å². The molecule has 6 nitrogen and oxygen atoms in total. The maximum absolute atomic E-state index is 11.9. The maximum Gasteiger partial charge on any atom is 0.312 e. The van der Waals surface area contributed by atoms with E-state index in [-0.39, 0.29) is 5.91 Å². The summed E-state index contributed by atoms with van der Waals surface area (Å²) in [6.07, 6.45) is 5.48. The smallest absolute Gasteiger partial charge is 0.312 e. The molecule has 0 bridgehead atoms. The van der Waals surface area contributed by atoms with E-state index in [1.165, 1.54) is 16.9 Å². The van der Waals surface area contributed by atoms with Crippen LogP contribution in [0.2, 0.25) is 0 Å². The lowest BCUT2D eigenvalue weighted by Crippen LogP contribution is -2.29. The molecule has 2 rings (SSSR count). The lowest BCUT2D eigenvalue weighted by molar-refractivity contribution is -0.116. The lowest BCUT2D eigenvalue weighted by atomic mass is 10.1. The fourth-order valence-corrected chi connectivity index (χ4v) is 3.36. The van der Waals surface area contributed by atoms with Gasteiger partial charge >= 0.3 is 6.03 Å². The van der Waals surface area contributed by atoms with Crippen LogP contribution in [0.5, 0.6) is 0 Å². The highest BCUT2D eigenvalue weighted by molar-refractivity contribution is 9.10. The molecular formula is C17H21BrN4O2S. The van der Waals surface area contributed by atoms with Crippen LogP contribution in [0, 0.1) is 0 Å². The predicted molar refractivity (Wildman–Crippen MR) is 104 cm³/mol. The Morgan fingerprint density at radius 2 is 1.92 bits per heavy atom. The second kappa shape index (κ2) is 10.1. The predicted octanol–water partition coefficient (Wildman–Crippen LogP) is 3.66. The number of rotatable bonds is 9. The van der Waals surface area contributed by atoms with Crippen molar-refractivity contribution in [3.8, 4) is 0 Å². The molecule has 8 heteroatoms. The SMILES string of the molecule is NC(=O)NCCCCCC(=O)Nc1ncc(Cc2ccc(Br)cc2)s1. The Bertz CT molecular complexity index is 703. The number of amides is 3. The number of aromatic nitrogens is 1. The number of carbonyl (C=O) groups is 2. The summed E-state index contributed by atoms with van der Waals surface area (Å²) < 4.78 is 1.05. The van der Waals surface area contributed by atoms with Crippen LogP contribution in [0.1, 0.15) is 36.1 Å². The Labute approximate surface area is 159 Å². The van der Waals surface area contributed by atoms with Crippen LogP contribution in [0.25, 0.3) is 0 Å². The van der Waals surface area contributed by atoms with Gasteiger partial charge in [-0.05, 0) is 30.5 Å².